The molecule has 2 rings (SSSR count). The molecule has 2 N–H and O–H groups in total. The van der Waals surface area contributed by atoms with Gasteiger partial charge in [-0.15, -0.1) is 0 Å². The van der Waals surface area contributed by atoms with Crippen molar-refractivity contribution >= 4 is 21.7 Å². The van der Waals surface area contributed by atoms with Crippen molar-refractivity contribution in [1.82, 2.24) is 9.21 Å². The fourth-order valence-corrected chi connectivity index (χ4v) is 3.87. The number of piperazine rings is 1. The first-order valence-electron chi connectivity index (χ1n) is 8.81. The lowest BCUT2D eigenvalue weighted by Gasteiger charge is -2.36. The van der Waals surface area contributed by atoms with E-state index in [-0.39, 0.29) is 5.82 Å². The van der Waals surface area contributed by atoms with Crippen LogP contribution in [0.4, 0.5) is 10.1 Å². The van der Waals surface area contributed by atoms with E-state index in [1.807, 2.05) is 11.8 Å². The molecule has 0 spiro atoms. The van der Waals surface area contributed by atoms with Gasteiger partial charge in [-0.2, -0.15) is 0 Å². The monoisotopic (exact) mass is 385 g/mol. The van der Waals surface area contributed by atoms with E-state index in [0.717, 1.165) is 31.9 Å². The topological polar surface area (TPSA) is 82.2 Å². The Morgan fingerprint density at radius 3 is 2.38 bits per heavy atom. The molecule has 1 saturated heterocycles. The molecule has 0 aliphatic carbocycles. The van der Waals surface area contributed by atoms with Gasteiger partial charge < -0.3 is 15.5 Å². The third-order valence-electron chi connectivity index (χ3n) is 4.46. The molecule has 0 amide bonds. The number of anilines is 1. The van der Waals surface area contributed by atoms with Crippen LogP contribution in [0.15, 0.2) is 29.3 Å². The molecule has 1 fully saturated rings. The van der Waals surface area contributed by atoms with Crippen molar-refractivity contribution in [1.29, 1.82) is 0 Å². The van der Waals surface area contributed by atoms with Crippen LogP contribution < -0.4 is 10.6 Å². The zero-order valence-corrected chi connectivity index (χ0v) is 16.3. The van der Waals surface area contributed by atoms with Crippen LogP contribution in [0.2, 0.25) is 0 Å². The van der Waals surface area contributed by atoms with E-state index < -0.39 is 10.0 Å². The van der Waals surface area contributed by atoms with Crippen molar-refractivity contribution in [3.8, 4) is 0 Å². The van der Waals surface area contributed by atoms with E-state index in [9.17, 15) is 12.8 Å². The van der Waals surface area contributed by atoms with Crippen LogP contribution in [-0.4, -0.2) is 75.7 Å². The first-order chi connectivity index (χ1) is 12.3. The van der Waals surface area contributed by atoms with Crippen LogP contribution in [0.3, 0.4) is 0 Å². The van der Waals surface area contributed by atoms with Gasteiger partial charge in [-0.3, -0.25) is 4.99 Å². The Bertz CT molecular complexity index is 700. The highest BCUT2D eigenvalue weighted by molar-refractivity contribution is 7.88. The van der Waals surface area contributed by atoms with Crippen LogP contribution in [0, 0.1) is 5.82 Å². The van der Waals surface area contributed by atoms with Gasteiger partial charge >= 0.3 is 0 Å². The molecule has 1 aromatic rings. The Morgan fingerprint density at radius 2 is 1.85 bits per heavy atom. The highest BCUT2D eigenvalue weighted by Gasteiger charge is 2.18. The molecule has 7 nitrogen and oxygen atoms in total. The number of nitrogens with two attached hydrogens (primary N) is 1. The highest BCUT2D eigenvalue weighted by atomic mass is 32.2. The van der Waals surface area contributed by atoms with Gasteiger partial charge in [-0.05, 0) is 30.7 Å². The molecule has 1 aliphatic rings. The number of aliphatic imine (C=N–C) groups is 1. The van der Waals surface area contributed by atoms with Gasteiger partial charge in [0.1, 0.15) is 5.82 Å². The maximum Gasteiger partial charge on any atom is 0.211 e. The smallest absolute Gasteiger partial charge is 0.211 e. The van der Waals surface area contributed by atoms with Crippen molar-refractivity contribution in [2.45, 2.75) is 13.3 Å². The van der Waals surface area contributed by atoms with Crippen LogP contribution >= 0.6 is 0 Å². The van der Waals surface area contributed by atoms with Gasteiger partial charge in [0, 0.05) is 51.5 Å². The molecule has 1 heterocycles. The maximum atomic E-state index is 13.0. The quantitative estimate of drug-likeness (QED) is 0.429. The lowest BCUT2D eigenvalue weighted by molar-refractivity contribution is 0.379. The molecule has 1 aromatic carbocycles. The van der Waals surface area contributed by atoms with Gasteiger partial charge in [0.15, 0.2) is 5.96 Å². The number of rotatable bonds is 7. The first kappa shape index (κ1) is 20.4. The molecule has 1 aliphatic heterocycles. The largest absolute Gasteiger partial charge is 0.370 e. The number of hydrogen-bond donors (Lipinski definition) is 1. The Morgan fingerprint density at radius 1 is 1.23 bits per heavy atom. The molecule has 0 aromatic heterocycles. The summed E-state index contributed by atoms with van der Waals surface area (Å²) < 4.78 is 37.5. The van der Waals surface area contributed by atoms with Crippen molar-refractivity contribution < 1.29 is 12.8 Å². The number of nitrogens with zero attached hydrogens (tertiary/aromatic N) is 4. The summed E-state index contributed by atoms with van der Waals surface area (Å²) in [5.41, 5.74) is 7.07. The summed E-state index contributed by atoms with van der Waals surface area (Å²) >= 11 is 0. The van der Waals surface area contributed by atoms with Crippen LogP contribution in [0.25, 0.3) is 0 Å². The summed E-state index contributed by atoms with van der Waals surface area (Å²) in [7, 11) is -3.16. The molecular weight excluding hydrogens is 357 g/mol. The van der Waals surface area contributed by atoms with E-state index in [4.69, 9.17) is 5.73 Å². The number of hydrogen-bond acceptors (Lipinski definition) is 4. The summed E-state index contributed by atoms with van der Waals surface area (Å²) in [6.07, 6.45) is 1.85. The second-order valence-electron chi connectivity index (χ2n) is 6.30. The predicted octanol–water partition coefficient (Wildman–Crippen LogP) is 0.934. The van der Waals surface area contributed by atoms with E-state index in [0.29, 0.717) is 32.0 Å². The van der Waals surface area contributed by atoms with Gasteiger partial charge in [0.2, 0.25) is 10.0 Å². The van der Waals surface area contributed by atoms with Crippen molar-refractivity contribution in [2.24, 2.45) is 10.7 Å². The van der Waals surface area contributed by atoms with Crippen molar-refractivity contribution in [2.75, 3.05) is 57.0 Å². The van der Waals surface area contributed by atoms with Crippen LogP contribution in [0.5, 0.6) is 0 Å². The van der Waals surface area contributed by atoms with Gasteiger partial charge in [0.05, 0.1) is 6.26 Å². The second-order valence-corrected chi connectivity index (χ2v) is 8.28. The lowest BCUT2D eigenvalue weighted by Crippen LogP contribution is -2.51. The number of sulfonamides is 1. The molecule has 0 saturated carbocycles. The number of halogens is 1. The second kappa shape index (κ2) is 9.18. The third-order valence-corrected chi connectivity index (χ3v) is 5.84. The molecule has 0 unspecified atom stereocenters. The Hall–Kier alpha value is -1.87. The predicted molar refractivity (Wildman–Crippen MR) is 103 cm³/mol. The maximum absolute atomic E-state index is 13.0. The first-order valence-corrected chi connectivity index (χ1v) is 10.7. The van der Waals surface area contributed by atoms with E-state index >= 15 is 0 Å². The normalized spacial score (nSPS) is 16.4. The van der Waals surface area contributed by atoms with Gasteiger partial charge in [-0.25, -0.2) is 17.1 Å². The molecule has 9 heteroatoms. The van der Waals surface area contributed by atoms with Crippen molar-refractivity contribution in [3.05, 3.63) is 30.1 Å². The van der Waals surface area contributed by atoms with E-state index in [2.05, 4.69) is 9.89 Å². The third kappa shape index (κ3) is 5.84. The highest BCUT2D eigenvalue weighted by Crippen LogP contribution is 2.16. The molecule has 26 heavy (non-hydrogen) atoms. The SMILES string of the molecule is CCN(CCCN=C(N)N1CCN(c2ccc(F)cc2)CC1)S(C)(=O)=O. The Kier molecular flexibility index (Phi) is 7.22. The average Bonchev–Trinajstić information content (AvgIpc) is 2.61. The average molecular weight is 386 g/mol. The minimum atomic E-state index is -3.16. The molecular formula is C17H28FN5O2S. The molecule has 0 radical (unpaired) electrons. The molecule has 146 valence electrons. The van der Waals surface area contributed by atoms with E-state index in [1.165, 1.54) is 22.7 Å². The van der Waals surface area contributed by atoms with Crippen LogP contribution in [-0.2, 0) is 10.0 Å². The zero-order valence-electron chi connectivity index (χ0n) is 15.4. The number of guanidine groups is 1. The summed E-state index contributed by atoms with van der Waals surface area (Å²) in [6, 6.07) is 6.49. The summed E-state index contributed by atoms with van der Waals surface area (Å²) in [5, 5.41) is 0. The minimum absolute atomic E-state index is 0.235. The van der Waals surface area contributed by atoms with Crippen molar-refractivity contribution in [3.63, 3.8) is 0 Å². The Labute approximate surface area is 155 Å². The van der Waals surface area contributed by atoms with E-state index in [1.54, 1.807) is 12.1 Å². The fraction of sp³-hybridized carbons (Fsp3) is 0.588. The van der Waals surface area contributed by atoms with Gasteiger partial charge in [-0.1, -0.05) is 6.92 Å². The summed E-state index contributed by atoms with van der Waals surface area (Å²) in [6.45, 7) is 6.30. The lowest BCUT2D eigenvalue weighted by atomic mass is 10.2. The zero-order chi connectivity index (χ0) is 19.2. The standard InChI is InChI=1S/C17H28FN5O2S/c1-3-23(26(2,24)25)10-4-9-20-17(19)22-13-11-21(12-14-22)16-7-5-15(18)6-8-16/h5-8H,3-4,9-14H2,1-2H3,(H2,19,20). The van der Waals surface area contributed by atoms with Crippen LogP contribution in [0.1, 0.15) is 13.3 Å². The number of benzene rings is 1. The summed E-state index contributed by atoms with van der Waals surface area (Å²) in [4.78, 5) is 8.59. The fourth-order valence-electron chi connectivity index (χ4n) is 2.94. The Balaban J connectivity index is 1.77. The molecule has 0 atom stereocenters. The summed E-state index contributed by atoms with van der Waals surface area (Å²) in [5.74, 6) is 0.257. The minimum Gasteiger partial charge on any atom is -0.370 e. The van der Waals surface area contributed by atoms with Gasteiger partial charge in [0.25, 0.3) is 0 Å². The molecule has 0 bridgehead atoms.